The van der Waals surface area contributed by atoms with Crippen molar-refractivity contribution >= 4 is 38.6 Å². The highest BCUT2D eigenvalue weighted by atomic mass is 79.9. The van der Waals surface area contributed by atoms with Gasteiger partial charge in [0.15, 0.2) is 5.58 Å². The third-order valence-electron chi connectivity index (χ3n) is 5.05. The van der Waals surface area contributed by atoms with Crippen LogP contribution in [0.4, 0.5) is 5.69 Å². The van der Waals surface area contributed by atoms with Gasteiger partial charge in [-0.1, -0.05) is 13.0 Å². The number of anilines is 1. The van der Waals surface area contributed by atoms with Crippen LogP contribution in [0.15, 0.2) is 69.6 Å². The normalized spacial score (nSPS) is 11.9. The number of fused-ring (bicyclic) bond motifs is 1. The van der Waals surface area contributed by atoms with Crippen LogP contribution in [0.3, 0.4) is 0 Å². The van der Waals surface area contributed by atoms with Crippen LogP contribution >= 0.6 is 15.9 Å². The number of methoxy groups -OCH3 is 1. The smallest absolute Gasteiger partial charge is 0.255 e. The fourth-order valence-electron chi connectivity index (χ4n) is 3.16. The fraction of sp³-hybridized carbons (Fsp3) is 0.200. The maximum absolute atomic E-state index is 12.8. The lowest BCUT2D eigenvalue weighted by Gasteiger charge is -2.13. The molecule has 0 radical (unpaired) electrons. The van der Waals surface area contributed by atoms with Gasteiger partial charge in [-0.2, -0.15) is 0 Å². The quantitative estimate of drug-likeness (QED) is 0.309. The van der Waals surface area contributed by atoms with Gasteiger partial charge in [-0.15, -0.1) is 0 Å². The second-order valence-corrected chi connectivity index (χ2v) is 8.22. The molecule has 1 aromatic heterocycles. The maximum atomic E-state index is 12.8. The molecule has 1 heterocycles. The number of aromatic nitrogens is 1. The topological polar surface area (TPSA) is 73.6 Å². The molecule has 1 atom stereocenters. The minimum atomic E-state index is -0.221. The molecule has 3 aromatic carbocycles. The van der Waals surface area contributed by atoms with Gasteiger partial charge in [0.2, 0.25) is 5.89 Å². The van der Waals surface area contributed by atoms with E-state index >= 15 is 0 Å². The van der Waals surface area contributed by atoms with Crippen molar-refractivity contribution in [2.24, 2.45) is 0 Å². The zero-order chi connectivity index (χ0) is 22.7. The summed E-state index contributed by atoms with van der Waals surface area (Å²) in [5.41, 5.74) is 3.26. The number of carbonyl (C=O) groups excluding carboxylic acids is 1. The molecule has 164 valence electrons. The monoisotopic (exact) mass is 494 g/mol. The molecular formula is C25H23BrN2O4. The molecule has 1 amide bonds. The number of hydrogen-bond acceptors (Lipinski definition) is 5. The van der Waals surface area contributed by atoms with Crippen LogP contribution in [0.25, 0.3) is 22.6 Å². The molecular weight excluding hydrogens is 472 g/mol. The number of oxazole rings is 1. The highest BCUT2D eigenvalue weighted by Gasteiger charge is 2.13. The molecule has 0 saturated carbocycles. The van der Waals surface area contributed by atoms with E-state index in [4.69, 9.17) is 13.9 Å². The number of rotatable bonds is 7. The first kappa shape index (κ1) is 21.9. The summed E-state index contributed by atoms with van der Waals surface area (Å²) in [7, 11) is 1.62. The molecule has 0 fully saturated rings. The highest BCUT2D eigenvalue weighted by Crippen LogP contribution is 2.32. The van der Waals surface area contributed by atoms with Gasteiger partial charge in [0.05, 0.1) is 17.7 Å². The van der Waals surface area contributed by atoms with E-state index in [9.17, 15) is 4.79 Å². The van der Waals surface area contributed by atoms with Crippen LogP contribution in [0.2, 0.25) is 0 Å². The van der Waals surface area contributed by atoms with E-state index in [-0.39, 0.29) is 12.0 Å². The molecule has 4 rings (SSSR count). The Morgan fingerprint density at radius 1 is 1.16 bits per heavy atom. The molecule has 1 unspecified atom stereocenters. The molecule has 4 aromatic rings. The summed E-state index contributed by atoms with van der Waals surface area (Å²) in [6.07, 6.45) is 0.979. The van der Waals surface area contributed by atoms with Crippen LogP contribution in [-0.4, -0.2) is 24.1 Å². The van der Waals surface area contributed by atoms with Gasteiger partial charge in [-0.05, 0) is 83.9 Å². The first-order valence-electron chi connectivity index (χ1n) is 10.3. The zero-order valence-corrected chi connectivity index (χ0v) is 19.6. The number of carbonyl (C=O) groups is 1. The largest absolute Gasteiger partial charge is 0.496 e. The lowest BCUT2D eigenvalue weighted by molar-refractivity contribution is 0.102. The van der Waals surface area contributed by atoms with E-state index in [1.807, 2.05) is 37.3 Å². The lowest BCUT2D eigenvalue weighted by Crippen LogP contribution is -2.13. The highest BCUT2D eigenvalue weighted by molar-refractivity contribution is 9.10. The van der Waals surface area contributed by atoms with E-state index < -0.39 is 0 Å². The molecule has 0 saturated heterocycles. The number of nitrogens with one attached hydrogen (secondary N) is 1. The van der Waals surface area contributed by atoms with Crippen LogP contribution in [0.5, 0.6) is 11.5 Å². The Kier molecular flexibility index (Phi) is 6.46. The summed E-state index contributed by atoms with van der Waals surface area (Å²) in [6, 6.07) is 18.2. The van der Waals surface area contributed by atoms with E-state index in [1.165, 1.54) is 0 Å². The Balaban J connectivity index is 1.54. The zero-order valence-electron chi connectivity index (χ0n) is 18.0. The Bertz CT molecular complexity index is 1270. The minimum absolute atomic E-state index is 0.0865. The standard InChI is InChI=1S/C25H23BrN2O4/c1-4-15(2)31-19-7-5-6-16(12-19)24(29)27-18-9-11-23-21(14-18)28-25(32-23)17-8-10-22(30-3)20(26)13-17/h5-15H,4H2,1-3H3,(H,27,29). The van der Waals surface area contributed by atoms with Crippen molar-refractivity contribution in [1.29, 1.82) is 0 Å². The molecule has 0 bridgehead atoms. The molecule has 0 aliphatic carbocycles. The van der Waals surface area contributed by atoms with E-state index in [0.29, 0.717) is 34.0 Å². The van der Waals surface area contributed by atoms with Crippen molar-refractivity contribution < 1.29 is 18.7 Å². The third-order valence-corrected chi connectivity index (χ3v) is 5.67. The summed E-state index contributed by atoms with van der Waals surface area (Å²) in [5.74, 6) is 1.67. The minimum Gasteiger partial charge on any atom is -0.496 e. The molecule has 6 nitrogen and oxygen atoms in total. The third kappa shape index (κ3) is 4.78. The number of amides is 1. The summed E-state index contributed by atoms with van der Waals surface area (Å²) in [5, 5.41) is 2.92. The average Bonchev–Trinajstić information content (AvgIpc) is 3.22. The predicted molar refractivity (Wildman–Crippen MR) is 128 cm³/mol. The molecule has 0 spiro atoms. The lowest BCUT2D eigenvalue weighted by atomic mass is 10.2. The number of hydrogen-bond donors (Lipinski definition) is 1. The molecule has 32 heavy (non-hydrogen) atoms. The number of ether oxygens (including phenoxy) is 2. The second-order valence-electron chi connectivity index (χ2n) is 7.37. The van der Waals surface area contributed by atoms with Gasteiger partial charge in [-0.3, -0.25) is 4.79 Å². The van der Waals surface area contributed by atoms with Crippen molar-refractivity contribution in [3.05, 3.63) is 70.7 Å². The van der Waals surface area contributed by atoms with E-state index in [0.717, 1.165) is 22.2 Å². The summed E-state index contributed by atoms with van der Waals surface area (Å²) in [6.45, 7) is 4.05. The summed E-state index contributed by atoms with van der Waals surface area (Å²) < 4.78 is 17.8. The van der Waals surface area contributed by atoms with Crippen molar-refractivity contribution in [2.45, 2.75) is 26.4 Å². The van der Waals surface area contributed by atoms with Gasteiger partial charge in [0.1, 0.15) is 17.0 Å². The molecule has 0 aliphatic heterocycles. The van der Waals surface area contributed by atoms with Crippen LogP contribution < -0.4 is 14.8 Å². The van der Waals surface area contributed by atoms with Crippen LogP contribution in [0, 0.1) is 0 Å². The van der Waals surface area contributed by atoms with Crippen molar-refractivity contribution in [2.75, 3.05) is 12.4 Å². The fourth-order valence-corrected chi connectivity index (χ4v) is 3.70. The Morgan fingerprint density at radius 2 is 2.00 bits per heavy atom. The number of nitrogens with zero attached hydrogens (tertiary/aromatic N) is 1. The SMILES string of the molecule is CCC(C)Oc1cccc(C(=O)Nc2ccc3oc(-c4ccc(OC)c(Br)c4)nc3c2)c1. The van der Waals surface area contributed by atoms with Gasteiger partial charge < -0.3 is 19.2 Å². The molecule has 0 aliphatic rings. The second kappa shape index (κ2) is 9.44. The average molecular weight is 495 g/mol. The Morgan fingerprint density at radius 3 is 2.75 bits per heavy atom. The Hall–Kier alpha value is -3.32. The summed E-state index contributed by atoms with van der Waals surface area (Å²) in [4.78, 5) is 17.3. The van der Waals surface area contributed by atoms with Crippen LogP contribution in [0.1, 0.15) is 30.6 Å². The summed E-state index contributed by atoms with van der Waals surface area (Å²) >= 11 is 3.48. The van der Waals surface area contributed by atoms with Crippen molar-refractivity contribution in [3.63, 3.8) is 0 Å². The maximum Gasteiger partial charge on any atom is 0.255 e. The Labute approximate surface area is 194 Å². The van der Waals surface area contributed by atoms with Gasteiger partial charge >= 0.3 is 0 Å². The van der Waals surface area contributed by atoms with Gasteiger partial charge in [0, 0.05) is 16.8 Å². The number of benzene rings is 3. The predicted octanol–water partition coefficient (Wildman–Crippen LogP) is 6.70. The van der Waals surface area contributed by atoms with Gasteiger partial charge in [0.25, 0.3) is 5.91 Å². The van der Waals surface area contributed by atoms with Gasteiger partial charge in [-0.25, -0.2) is 4.98 Å². The first-order chi connectivity index (χ1) is 15.5. The van der Waals surface area contributed by atoms with Crippen molar-refractivity contribution in [3.8, 4) is 23.0 Å². The van der Waals surface area contributed by atoms with E-state index in [1.54, 1.807) is 37.4 Å². The van der Waals surface area contributed by atoms with Crippen molar-refractivity contribution in [1.82, 2.24) is 4.98 Å². The number of halogens is 1. The van der Waals surface area contributed by atoms with E-state index in [2.05, 4.69) is 33.2 Å². The van der Waals surface area contributed by atoms with Crippen LogP contribution in [-0.2, 0) is 0 Å². The molecule has 7 heteroatoms. The first-order valence-corrected chi connectivity index (χ1v) is 11.1. The molecule has 1 N–H and O–H groups in total.